The Labute approximate surface area is 149 Å². The van der Waals surface area contributed by atoms with E-state index in [1.165, 1.54) is 46.3 Å². The Morgan fingerprint density at radius 1 is 1.00 bits per heavy atom. The van der Waals surface area contributed by atoms with E-state index in [1.54, 1.807) is 18.2 Å². The van der Waals surface area contributed by atoms with Crippen LogP contribution in [0.5, 0.6) is 11.5 Å². The quantitative estimate of drug-likeness (QED) is 0.742. The molecule has 0 aromatic heterocycles. The van der Waals surface area contributed by atoms with Crippen LogP contribution in [0.25, 0.3) is 0 Å². The minimum Gasteiger partial charge on any atom is -0.497 e. The van der Waals surface area contributed by atoms with Crippen molar-refractivity contribution in [1.29, 1.82) is 0 Å². The fourth-order valence-corrected chi connectivity index (χ4v) is 3.23. The lowest BCUT2D eigenvalue weighted by molar-refractivity contribution is -0.122. The van der Waals surface area contributed by atoms with Crippen molar-refractivity contribution in [2.24, 2.45) is 5.92 Å². The second kappa shape index (κ2) is 9.91. The van der Waals surface area contributed by atoms with Crippen molar-refractivity contribution in [1.82, 2.24) is 10.9 Å². The molecule has 1 aromatic rings. The molecule has 25 heavy (non-hydrogen) atoms. The first-order chi connectivity index (χ1) is 12.1. The Morgan fingerprint density at radius 2 is 1.64 bits per heavy atom. The molecule has 6 nitrogen and oxygen atoms in total. The number of benzene rings is 1. The molecule has 0 saturated heterocycles. The number of nitrogens with one attached hydrogen (secondary N) is 2. The highest BCUT2D eigenvalue weighted by Gasteiger charge is 2.14. The zero-order chi connectivity index (χ0) is 18.1. The van der Waals surface area contributed by atoms with Crippen molar-refractivity contribution in [3.63, 3.8) is 0 Å². The lowest BCUT2D eigenvalue weighted by Crippen LogP contribution is -2.41. The van der Waals surface area contributed by atoms with Gasteiger partial charge in [0, 0.05) is 18.1 Å². The van der Waals surface area contributed by atoms with Gasteiger partial charge in [-0.25, -0.2) is 0 Å². The molecule has 2 N–H and O–H groups in total. The molecule has 2 amide bonds. The average Bonchev–Trinajstić information content (AvgIpc) is 2.66. The van der Waals surface area contributed by atoms with Crippen LogP contribution >= 0.6 is 0 Å². The summed E-state index contributed by atoms with van der Waals surface area (Å²) in [6.45, 7) is 0. The van der Waals surface area contributed by atoms with Gasteiger partial charge in [0.15, 0.2) is 0 Å². The summed E-state index contributed by atoms with van der Waals surface area (Å²) < 4.78 is 10.3. The zero-order valence-corrected chi connectivity index (χ0v) is 15.1. The number of hydrogen-bond donors (Lipinski definition) is 2. The maximum atomic E-state index is 12.2. The predicted octanol–water partition coefficient (Wildman–Crippen LogP) is 3.22. The highest BCUT2D eigenvalue weighted by atomic mass is 16.5. The number of rotatable bonds is 7. The Balaban J connectivity index is 1.74. The number of hydrazine groups is 1. The third-order valence-electron chi connectivity index (χ3n) is 4.67. The monoisotopic (exact) mass is 348 g/mol. The third kappa shape index (κ3) is 6.29. The number of hydrogen-bond acceptors (Lipinski definition) is 4. The molecule has 0 unspecified atom stereocenters. The minimum atomic E-state index is -0.405. The molecular formula is C19H28N2O4. The van der Waals surface area contributed by atoms with Crippen molar-refractivity contribution in [3.8, 4) is 11.5 Å². The van der Waals surface area contributed by atoms with Gasteiger partial charge in [-0.1, -0.05) is 32.1 Å². The Hall–Kier alpha value is -2.24. The van der Waals surface area contributed by atoms with Gasteiger partial charge in [-0.2, -0.15) is 0 Å². The summed E-state index contributed by atoms with van der Waals surface area (Å²) >= 11 is 0. The van der Waals surface area contributed by atoms with Crippen LogP contribution < -0.4 is 20.3 Å². The predicted molar refractivity (Wildman–Crippen MR) is 95.6 cm³/mol. The van der Waals surface area contributed by atoms with E-state index in [2.05, 4.69) is 10.9 Å². The molecule has 1 saturated carbocycles. The Kier molecular flexibility index (Phi) is 7.57. The molecule has 0 atom stereocenters. The molecule has 1 aliphatic rings. The van der Waals surface area contributed by atoms with E-state index in [1.807, 2.05) is 0 Å². The summed E-state index contributed by atoms with van der Waals surface area (Å²) in [5.41, 5.74) is 5.27. The SMILES string of the molecule is COc1cc(OC)cc(C(=O)NNC(=O)CCCC2CCCCC2)c1. The molecule has 138 valence electrons. The molecule has 1 aliphatic carbocycles. The third-order valence-corrected chi connectivity index (χ3v) is 4.67. The molecule has 0 radical (unpaired) electrons. The van der Waals surface area contributed by atoms with E-state index in [9.17, 15) is 9.59 Å². The first-order valence-electron chi connectivity index (χ1n) is 8.94. The Morgan fingerprint density at radius 3 is 2.24 bits per heavy atom. The van der Waals surface area contributed by atoms with Gasteiger partial charge in [-0.3, -0.25) is 20.4 Å². The van der Waals surface area contributed by atoms with Crippen LogP contribution in [0.2, 0.25) is 0 Å². The number of ether oxygens (including phenoxy) is 2. The molecule has 1 fully saturated rings. The van der Waals surface area contributed by atoms with Gasteiger partial charge in [0.1, 0.15) is 11.5 Å². The van der Waals surface area contributed by atoms with E-state index in [-0.39, 0.29) is 5.91 Å². The van der Waals surface area contributed by atoms with Gasteiger partial charge in [0.25, 0.3) is 5.91 Å². The standard InChI is InChI=1S/C19H28N2O4/c1-24-16-11-15(12-17(13-16)25-2)19(23)21-20-18(22)10-6-9-14-7-4-3-5-8-14/h11-14H,3-10H2,1-2H3,(H,20,22)(H,21,23). The van der Waals surface area contributed by atoms with Crippen LogP contribution in [0.1, 0.15) is 61.7 Å². The second-order valence-electron chi connectivity index (χ2n) is 6.50. The average molecular weight is 348 g/mol. The molecule has 2 rings (SSSR count). The van der Waals surface area contributed by atoms with Crippen molar-refractivity contribution in [2.45, 2.75) is 51.4 Å². The van der Waals surface area contributed by atoms with Crippen LogP contribution in [-0.4, -0.2) is 26.0 Å². The summed E-state index contributed by atoms with van der Waals surface area (Å²) in [5, 5.41) is 0. The van der Waals surface area contributed by atoms with E-state index >= 15 is 0 Å². The fourth-order valence-electron chi connectivity index (χ4n) is 3.23. The van der Waals surface area contributed by atoms with Gasteiger partial charge in [0.2, 0.25) is 5.91 Å². The number of amides is 2. The van der Waals surface area contributed by atoms with Crippen molar-refractivity contribution >= 4 is 11.8 Å². The zero-order valence-electron chi connectivity index (χ0n) is 15.1. The van der Waals surface area contributed by atoms with Gasteiger partial charge in [-0.15, -0.1) is 0 Å². The lowest BCUT2D eigenvalue weighted by atomic mass is 9.86. The van der Waals surface area contributed by atoms with Crippen LogP contribution in [0.4, 0.5) is 0 Å². The van der Waals surface area contributed by atoms with E-state index in [4.69, 9.17) is 9.47 Å². The van der Waals surface area contributed by atoms with Gasteiger partial charge < -0.3 is 9.47 Å². The first kappa shape index (κ1) is 19.1. The molecule has 0 heterocycles. The first-order valence-corrected chi connectivity index (χ1v) is 8.94. The minimum absolute atomic E-state index is 0.168. The fraction of sp³-hybridized carbons (Fsp3) is 0.579. The van der Waals surface area contributed by atoms with Crippen molar-refractivity contribution in [2.75, 3.05) is 14.2 Å². The van der Waals surface area contributed by atoms with E-state index in [0.29, 0.717) is 23.5 Å². The summed E-state index contributed by atoms with van der Waals surface area (Å²) in [7, 11) is 3.04. The summed E-state index contributed by atoms with van der Waals surface area (Å²) in [6, 6.07) is 4.86. The molecule has 0 spiro atoms. The highest BCUT2D eigenvalue weighted by Crippen LogP contribution is 2.27. The van der Waals surface area contributed by atoms with Gasteiger partial charge >= 0.3 is 0 Å². The molecule has 0 bridgehead atoms. The topological polar surface area (TPSA) is 76.7 Å². The molecular weight excluding hydrogens is 320 g/mol. The summed E-state index contributed by atoms with van der Waals surface area (Å²) in [6.07, 6.45) is 8.93. The molecule has 6 heteroatoms. The van der Waals surface area contributed by atoms with Gasteiger partial charge in [-0.05, 0) is 30.9 Å². The number of carbonyl (C=O) groups excluding carboxylic acids is 2. The van der Waals surface area contributed by atoms with Crippen molar-refractivity contribution in [3.05, 3.63) is 23.8 Å². The second-order valence-corrected chi connectivity index (χ2v) is 6.50. The molecule has 0 aliphatic heterocycles. The maximum absolute atomic E-state index is 12.2. The lowest BCUT2D eigenvalue weighted by Gasteiger charge is -2.21. The number of methoxy groups -OCH3 is 2. The van der Waals surface area contributed by atoms with Crippen LogP contribution in [-0.2, 0) is 4.79 Å². The number of carbonyl (C=O) groups is 2. The summed E-state index contributed by atoms with van der Waals surface area (Å²) in [4.78, 5) is 24.1. The highest BCUT2D eigenvalue weighted by molar-refractivity contribution is 5.96. The Bertz CT molecular complexity index is 561. The van der Waals surface area contributed by atoms with Crippen LogP contribution in [0.3, 0.4) is 0 Å². The van der Waals surface area contributed by atoms with E-state index in [0.717, 1.165) is 18.8 Å². The largest absolute Gasteiger partial charge is 0.497 e. The van der Waals surface area contributed by atoms with Gasteiger partial charge in [0.05, 0.1) is 14.2 Å². The van der Waals surface area contributed by atoms with E-state index < -0.39 is 5.91 Å². The molecule has 1 aromatic carbocycles. The summed E-state index contributed by atoms with van der Waals surface area (Å²) in [5.74, 6) is 1.23. The van der Waals surface area contributed by atoms with Crippen LogP contribution in [0.15, 0.2) is 18.2 Å². The maximum Gasteiger partial charge on any atom is 0.269 e. The van der Waals surface area contributed by atoms with Crippen molar-refractivity contribution < 1.29 is 19.1 Å². The normalized spacial score (nSPS) is 14.6. The van der Waals surface area contributed by atoms with Crippen LogP contribution in [0, 0.1) is 5.92 Å². The smallest absolute Gasteiger partial charge is 0.269 e.